The molecule has 0 radical (unpaired) electrons. The minimum Gasteiger partial charge on any atom is -0.289 e. The quantitative estimate of drug-likeness (QED) is 0.233. The fourth-order valence-corrected chi connectivity index (χ4v) is 8.11. The first-order valence-corrected chi connectivity index (χ1v) is 13.0. The molecule has 0 amide bonds. The van der Waals surface area contributed by atoms with Crippen LogP contribution in [0.3, 0.4) is 0 Å². The lowest BCUT2D eigenvalue weighted by Gasteiger charge is -2.03. The molecule has 6 aromatic carbocycles. The second kappa shape index (κ2) is 6.69. The van der Waals surface area contributed by atoms with Gasteiger partial charge in [0.2, 0.25) is 10.9 Å². The highest BCUT2D eigenvalue weighted by atomic mass is 32.2. The summed E-state index contributed by atoms with van der Waals surface area (Å²) < 4.78 is 1.34. The van der Waals surface area contributed by atoms with Gasteiger partial charge in [0.05, 0.1) is 24.2 Å². The Labute approximate surface area is 208 Å². The van der Waals surface area contributed by atoms with Crippen molar-refractivity contribution < 1.29 is 0 Å². The van der Waals surface area contributed by atoms with E-state index < -0.39 is 0 Å². The van der Waals surface area contributed by atoms with Gasteiger partial charge in [-0.3, -0.25) is 19.2 Å². The number of fused-ring (bicyclic) bond motifs is 9. The summed E-state index contributed by atoms with van der Waals surface area (Å²) in [6.07, 6.45) is 0. The van der Waals surface area contributed by atoms with Crippen LogP contribution in [0, 0.1) is 0 Å². The van der Waals surface area contributed by atoms with Crippen molar-refractivity contribution in [2.45, 2.75) is 0 Å². The molecule has 4 nitrogen and oxygen atoms in total. The highest BCUT2D eigenvalue weighted by Crippen LogP contribution is 2.41. The summed E-state index contributed by atoms with van der Waals surface area (Å²) >= 11 is 2.41. The third-order valence-corrected chi connectivity index (χ3v) is 9.63. The molecule has 8 rings (SSSR count). The third kappa shape index (κ3) is 2.37. The summed E-state index contributed by atoms with van der Waals surface area (Å²) in [6.45, 7) is 0. The number of hydrogen-bond donors (Lipinski definition) is 0. The maximum Gasteiger partial charge on any atom is 0.204 e. The molecule has 0 saturated carbocycles. The average Bonchev–Trinajstić information content (AvgIpc) is 3.46. The molecule has 0 bridgehead atoms. The van der Waals surface area contributed by atoms with Crippen molar-refractivity contribution in [3.63, 3.8) is 0 Å². The van der Waals surface area contributed by atoms with E-state index in [4.69, 9.17) is 0 Å². The molecular formula is C30H12O4S2. The molecule has 36 heavy (non-hydrogen) atoms. The fraction of sp³-hybridized carbons (Fsp3) is 0. The molecule has 0 atom stereocenters. The summed E-state index contributed by atoms with van der Waals surface area (Å²) in [5.74, 6) is 0. The van der Waals surface area contributed by atoms with Crippen molar-refractivity contribution in [1.29, 1.82) is 0 Å². The standard InChI is InChI=1S/C30H12O4S2/c31-24-17-9-13-5-1-3-7-15(13)11-19(17)26(33)28-22(24)21-23-25(32)18-10-14-6-2-4-8-16(14)12-20(18)27(34)29(23)36-30(21)35-28/h1-12H. The number of rotatable bonds is 0. The first-order chi connectivity index (χ1) is 17.5. The zero-order valence-corrected chi connectivity index (χ0v) is 20.0. The summed E-state index contributed by atoms with van der Waals surface area (Å²) in [5.41, 5.74) is -0.981. The van der Waals surface area contributed by atoms with Gasteiger partial charge in [0.25, 0.3) is 0 Å². The van der Waals surface area contributed by atoms with Crippen molar-refractivity contribution in [3.8, 4) is 0 Å². The Balaban J connectivity index is 1.63. The maximum absolute atomic E-state index is 13.8. The van der Waals surface area contributed by atoms with E-state index in [2.05, 4.69) is 0 Å². The third-order valence-electron chi connectivity index (χ3n) is 7.16. The number of benzene rings is 6. The average molecular weight is 501 g/mol. The fourth-order valence-electron chi connectivity index (χ4n) is 5.47. The van der Waals surface area contributed by atoms with Gasteiger partial charge in [0, 0.05) is 26.9 Å². The molecule has 8 aromatic rings. The Morgan fingerprint density at radius 3 is 1.11 bits per heavy atom. The minimum atomic E-state index is -0.276. The van der Waals surface area contributed by atoms with E-state index in [9.17, 15) is 19.2 Å². The summed E-state index contributed by atoms with van der Waals surface area (Å²) in [5, 5.41) is 5.92. The Morgan fingerprint density at radius 2 is 0.750 bits per heavy atom. The molecule has 0 aliphatic heterocycles. The lowest BCUT2D eigenvalue weighted by Crippen LogP contribution is -2.13. The molecule has 0 saturated heterocycles. The lowest BCUT2D eigenvalue weighted by molar-refractivity contribution is 1.72. The van der Waals surface area contributed by atoms with Crippen molar-refractivity contribution in [2.75, 3.05) is 0 Å². The van der Waals surface area contributed by atoms with Gasteiger partial charge in [0.1, 0.15) is 0 Å². The highest BCUT2D eigenvalue weighted by molar-refractivity contribution is 7.44. The second-order valence-electron chi connectivity index (χ2n) is 9.08. The van der Waals surface area contributed by atoms with E-state index in [-0.39, 0.29) is 32.5 Å². The first kappa shape index (κ1) is 20.0. The molecule has 6 heteroatoms. The van der Waals surface area contributed by atoms with Crippen LogP contribution in [0.5, 0.6) is 0 Å². The van der Waals surface area contributed by atoms with Gasteiger partial charge >= 0.3 is 0 Å². The predicted molar refractivity (Wildman–Crippen MR) is 152 cm³/mol. The predicted octanol–water partition coefficient (Wildman–Crippen LogP) is 6.20. The van der Waals surface area contributed by atoms with Crippen molar-refractivity contribution >= 4 is 95.3 Å². The smallest absolute Gasteiger partial charge is 0.204 e. The van der Waals surface area contributed by atoms with Crippen molar-refractivity contribution in [3.05, 3.63) is 114 Å². The lowest BCUT2D eigenvalue weighted by atomic mass is 9.98. The Bertz CT molecular complexity index is 2340. The molecule has 168 valence electrons. The molecule has 0 spiro atoms. The van der Waals surface area contributed by atoms with Crippen LogP contribution in [0.25, 0.3) is 72.7 Å². The van der Waals surface area contributed by atoms with Crippen molar-refractivity contribution in [2.24, 2.45) is 0 Å². The molecule has 2 heterocycles. The van der Waals surface area contributed by atoms with Crippen molar-refractivity contribution in [1.82, 2.24) is 0 Å². The monoisotopic (exact) mass is 500 g/mol. The van der Waals surface area contributed by atoms with Crippen LogP contribution < -0.4 is 21.7 Å². The van der Waals surface area contributed by atoms with Gasteiger partial charge in [-0.2, -0.15) is 0 Å². The molecule has 0 N–H and O–H groups in total. The maximum atomic E-state index is 13.8. The Hall–Kier alpha value is -4.26. The summed E-state index contributed by atoms with van der Waals surface area (Å²) in [7, 11) is 0. The normalized spacial score (nSPS) is 12.3. The topological polar surface area (TPSA) is 68.3 Å². The van der Waals surface area contributed by atoms with Gasteiger partial charge < -0.3 is 0 Å². The van der Waals surface area contributed by atoms with E-state index in [1.54, 1.807) is 24.3 Å². The van der Waals surface area contributed by atoms with Crippen LogP contribution in [-0.4, -0.2) is 0 Å². The molecule has 2 aromatic heterocycles. The molecule has 0 unspecified atom stereocenters. The molecule has 0 fully saturated rings. The zero-order chi connectivity index (χ0) is 24.3. The molecule has 0 aliphatic carbocycles. The SMILES string of the molecule is O=c1c2cc3ccccc3cc2c(=O)c2c1sc1sc3c(=O)c4cc5ccccc5cc4c(=O)c3c12. The van der Waals surface area contributed by atoms with Crippen LogP contribution in [0.1, 0.15) is 0 Å². The van der Waals surface area contributed by atoms with Gasteiger partial charge in [-0.25, -0.2) is 0 Å². The van der Waals surface area contributed by atoms with E-state index in [1.165, 1.54) is 22.7 Å². The zero-order valence-electron chi connectivity index (χ0n) is 18.4. The van der Waals surface area contributed by atoms with Gasteiger partial charge in [0.15, 0.2) is 10.9 Å². The largest absolute Gasteiger partial charge is 0.289 e. The Kier molecular flexibility index (Phi) is 3.71. The van der Waals surface area contributed by atoms with E-state index in [1.807, 2.05) is 48.5 Å². The van der Waals surface area contributed by atoms with Gasteiger partial charge in [-0.15, -0.1) is 22.7 Å². The summed E-state index contributed by atoms with van der Waals surface area (Å²) in [6, 6.07) is 22.3. The van der Waals surface area contributed by atoms with Crippen LogP contribution in [0.4, 0.5) is 0 Å². The van der Waals surface area contributed by atoms with Gasteiger partial charge in [-0.1, -0.05) is 48.5 Å². The molecular weight excluding hydrogens is 488 g/mol. The summed E-state index contributed by atoms with van der Waals surface area (Å²) in [4.78, 5) is 54.7. The second-order valence-corrected chi connectivity index (χ2v) is 11.4. The van der Waals surface area contributed by atoms with Crippen LogP contribution in [-0.2, 0) is 0 Å². The Morgan fingerprint density at radius 1 is 0.417 bits per heavy atom. The highest BCUT2D eigenvalue weighted by Gasteiger charge is 2.24. The van der Waals surface area contributed by atoms with Gasteiger partial charge in [-0.05, 0) is 45.8 Å². The minimum absolute atomic E-state index is 0.214. The van der Waals surface area contributed by atoms with Crippen LogP contribution >= 0.6 is 22.7 Å². The first-order valence-electron chi connectivity index (χ1n) is 11.3. The van der Waals surface area contributed by atoms with E-state index in [0.29, 0.717) is 40.3 Å². The van der Waals surface area contributed by atoms with E-state index >= 15 is 0 Å². The van der Waals surface area contributed by atoms with Crippen LogP contribution in [0.2, 0.25) is 0 Å². The molecule has 0 aliphatic rings. The number of hydrogen-bond acceptors (Lipinski definition) is 6. The number of thiophene rings is 2. The van der Waals surface area contributed by atoms with E-state index in [0.717, 1.165) is 21.5 Å². The van der Waals surface area contributed by atoms with Crippen LogP contribution in [0.15, 0.2) is 92.0 Å².